The molecule has 0 aromatic carbocycles. The van der Waals surface area contributed by atoms with Gasteiger partial charge in [0.2, 0.25) is 0 Å². The lowest BCUT2D eigenvalue weighted by Crippen LogP contribution is -2.51. The van der Waals surface area contributed by atoms with Crippen LogP contribution in [-0.2, 0) is 4.74 Å². The molecule has 4 saturated carbocycles. The predicted molar refractivity (Wildman–Crippen MR) is 212 cm³/mol. The summed E-state index contributed by atoms with van der Waals surface area (Å²) in [4.78, 5) is 0. The Morgan fingerprint density at radius 3 is 1.26 bits per heavy atom. The van der Waals surface area contributed by atoms with Gasteiger partial charge in [-0.2, -0.15) is 0 Å². The van der Waals surface area contributed by atoms with E-state index in [1.54, 1.807) is 24.3 Å². The predicted octanol–water partition coefficient (Wildman–Crippen LogP) is 15.2. The largest absolute Gasteiger partial charge is 0.379 e. The summed E-state index contributed by atoms with van der Waals surface area (Å²) in [7, 11) is 0. The van der Waals surface area contributed by atoms with Gasteiger partial charge in [-0.25, -0.2) is 17.6 Å². The molecule has 300 valence electrons. The van der Waals surface area contributed by atoms with Gasteiger partial charge in [-0.1, -0.05) is 142 Å². The lowest BCUT2D eigenvalue weighted by Gasteiger charge is -2.53. The molecular weight excluding hydrogens is 669 g/mol. The van der Waals surface area contributed by atoms with Crippen molar-refractivity contribution in [2.45, 2.75) is 192 Å². The van der Waals surface area contributed by atoms with Crippen LogP contribution in [0.4, 0.5) is 17.6 Å². The van der Waals surface area contributed by atoms with E-state index < -0.39 is 45.7 Å². The number of ether oxygens (including phenoxy) is 1. The molecule has 4 fully saturated rings. The minimum absolute atomic E-state index is 0.0224. The first kappa shape index (κ1) is 41.3. The molecule has 0 spiro atoms. The third-order valence-corrected chi connectivity index (χ3v) is 15.8. The molecule has 0 aromatic rings. The van der Waals surface area contributed by atoms with Crippen molar-refractivity contribution in [3.63, 3.8) is 0 Å². The SMILES string of the molecule is CCCCCC1CCC(C2([C@@]3(F)C=C[C@@H](COC[C@@H]4C=C[C@](F)(C5(C6CCC(CCCCC)CC6)CCCCC5)C=C4F)C(F)=C3)CCCCC2)CC1. The smallest absolute Gasteiger partial charge is 0.155 e. The van der Waals surface area contributed by atoms with Crippen LogP contribution >= 0.6 is 0 Å². The maximum atomic E-state index is 17.3. The second kappa shape index (κ2) is 18.7. The highest BCUT2D eigenvalue weighted by atomic mass is 19.2. The van der Waals surface area contributed by atoms with E-state index in [9.17, 15) is 0 Å². The molecule has 5 heteroatoms. The molecule has 53 heavy (non-hydrogen) atoms. The van der Waals surface area contributed by atoms with Crippen LogP contribution in [0.3, 0.4) is 0 Å². The highest BCUT2D eigenvalue weighted by molar-refractivity contribution is 5.33. The summed E-state index contributed by atoms with van der Waals surface area (Å²) in [6.45, 7) is 4.54. The molecule has 6 aliphatic carbocycles. The van der Waals surface area contributed by atoms with Crippen LogP contribution in [0.25, 0.3) is 0 Å². The van der Waals surface area contributed by atoms with Gasteiger partial charge in [-0.05, 0) is 99.3 Å². The Bertz CT molecular complexity index is 1160. The third-order valence-electron chi connectivity index (χ3n) is 15.8. The minimum Gasteiger partial charge on any atom is -0.379 e. The van der Waals surface area contributed by atoms with Gasteiger partial charge in [-0.3, -0.25) is 0 Å². The average molecular weight is 743 g/mol. The molecule has 6 aliphatic rings. The fourth-order valence-corrected chi connectivity index (χ4v) is 12.6. The summed E-state index contributed by atoms with van der Waals surface area (Å²) < 4.78 is 72.2. The molecule has 0 bridgehead atoms. The summed E-state index contributed by atoms with van der Waals surface area (Å²) in [5.41, 5.74) is -4.66. The summed E-state index contributed by atoms with van der Waals surface area (Å²) >= 11 is 0. The zero-order valence-corrected chi connectivity index (χ0v) is 33.6. The van der Waals surface area contributed by atoms with Crippen LogP contribution in [0, 0.1) is 46.3 Å². The Labute approximate surface area is 321 Å². The van der Waals surface area contributed by atoms with E-state index in [4.69, 9.17) is 4.74 Å². The van der Waals surface area contributed by atoms with Gasteiger partial charge in [0.25, 0.3) is 0 Å². The fourth-order valence-electron chi connectivity index (χ4n) is 12.6. The van der Waals surface area contributed by atoms with Crippen molar-refractivity contribution in [2.75, 3.05) is 13.2 Å². The van der Waals surface area contributed by atoms with E-state index in [2.05, 4.69) is 13.8 Å². The van der Waals surface area contributed by atoms with Gasteiger partial charge in [0.1, 0.15) is 11.7 Å². The summed E-state index contributed by atoms with van der Waals surface area (Å²) in [5, 5.41) is 0. The van der Waals surface area contributed by atoms with E-state index in [0.717, 1.165) is 102 Å². The number of halogens is 4. The maximum Gasteiger partial charge on any atom is 0.155 e. The Hall–Kier alpha value is -1.36. The van der Waals surface area contributed by atoms with Crippen LogP contribution in [0.1, 0.15) is 181 Å². The van der Waals surface area contributed by atoms with E-state index in [-0.39, 0.29) is 25.0 Å². The highest BCUT2D eigenvalue weighted by Gasteiger charge is 2.57. The number of rotatable bonds is 16. The number of unbranched alkanes of at least 4 members (excludes halogenated alkanes) is 4. The van der Waals surface area contributed by atoms with Gasteiger partial charge in [0.05, 0.1) is 25.0 Å². The monoisotopic (exact) mass is 743 g/mol. The van der Waals surface area contributed by atoms with Gasteiger partial charge < -0.3 is 4.74 Å². The molecule has 0 N–H and O–H groups in total. The lowest BCUT2D eigenvalue weighted by molar-refractivity contribution is -0.0445. The summed E-state index contributed by atoms with van der Waals surface area (Å²) in [6.07, 6.45) is 37.9. The molecule has 0 heterocycles. The lowest BCUT2D eigenvalue weighted by atomic mass is 9.53. The van der Waals surface area contributed by atoms with Crippen LogP contribution < -0.4 is 0 Å². The van der Waals surface area contributed by atoms with Crippen LogP contribution in [0.15, 0.2) is 48.1 Å². The van der Waals surface area contributed by atoms with Gasteiger partial charge in [-0.15, -0.1) is 0 Å². The Morgan fingerprint density at radius 1 is 0.547 bits per heavy atom. The van der Waals surface area contributed by atoms with E-state index in [1.807, 2.05) is 0 Å². The summed E-state index contributed by atoms with van der Waals surface area (Å²) in [5.74, 6) is -0.231. The Kier molecular flexibility index (Phi) is 14.6. The van der Waals surface area contributed by atoms with E-state index >= 15 is 17.6 Å². The topological polar surface area (TPSA) is 9.23 Å². The molecule has 0 saturated heterocycles. The van der Waals surface area contributed by atoms with Crippen molar-refractivity contribution in [1.29, 1.82) is 0 Å². The first-order chi connectivity index (χ1) is 25.7. The van der Waals surface area contributed by atoms with E-state index in [1.165, 1.54) is 89.2 Å². The highest BCUT2D eigenvalue weighted by Crippen LogP contribution is 2.60. The van der Waals surface area contributed by atoms with Crippen LogP contribution in [0.2, 0.25) is 0 Å². The Balaban J connectivity index is 1.04. The number of allylic oxidation sites excluding steroid dienone is 4. The van der Waals surface area contributed by atoms with Gasteiger partial charge in [0.15, 0.2) is 11.3 Å². The number of alkyl halides is 2. The molecule has 0 unspecified atom stereocenters. The first-order valence-corrected chi connectivity index (χ1v) is 22.8. The Morgan fingerprint density at radius 2 is 0.925 bits per heavy atom. The van der Waals surface area contributed by atoms with E-state index in [0.29, 0.717) is 0 Å². The normalized spacial score (nSPS) is 37.2. The fraction of sp³-hybridized carbons (Fsp3) is 0.833. The first-order valence-electron chi connectivity index (χ1n) is 22.8. The van der Waals surface area contributed by atoms with Crippen molar-refractivity contribution in [3.8, 4) is 0 Å². The van der Waals surface area contributed by atoms with Crippen LogP contribution in [0.5, 0.6) is 0 Å². The molecule has 0 aliphatic heterocycles. The molecule has 0 aromatic heterocycles. The van der Waals surface area contributed by atoms with Crippen molar-refractivity contribution in [3.05, 3.63) is 48.1 Å². The standard InChI is InChI=1S/C48H74F4O/c1-3-5-9-15-37-17-21-41(22-18-37)45(27-11-7-12-28-45)47(51)31-25-39(43(49)33-47)35-53-36-40-26-32-48(52,34-44(40)50)46(29-13-8-14-30-46)42-23-19-38(20-24-42)16-10-6-4-2/h25-26,31-34,37-42H,3-24,27-30,35-36H2,1-2H3/t37?,38?,39-,40-,41?,42?,47+,48+/m0/s1. The number of hydrogen-bond donors (Lipinski definition) is 0. The van der Waals surface area contributed by atoms with Crippen molar-refractivity contribution in [2.24, 2.45) is 46.3 Å². The molecular formula is C48H74F4O. The second-order valence-corrected chi connectivity index (χ2v) is 18.9. The third kappa shape index (κ3) is 9.12. The van der Waals surface area contributed by atoms with Gasteiger partial charge in [0, 0.05) is 10.8 Å². The maximum absolute atomic E-state index is 17.3. The minimum atomic E-state index is -1.79. The molecule has 1 nitrogen and oxygen atoms in total. The summed E-state index contributed by atoms with van der Waals surface area (Å²) in [6, 6.07) is 0. The molecule has 0 radical (unpaired) electrons. The zero-order chi connectivity index (χ0) is 37.4. The molecule has 4 atom stereocenters. The van der Waals surface area contributed by atoms with Crippen LogP contribution in [-0.4, -0.2) is 24.6 Å². The van der Waals surface area contributed by atoms with Crippen molar-refractivity contribution < 1.29 is 22.3 Å². The zero-order valence-electron chi connectivity index (χ0n) is 33.6. The van der Waals surface area contributed by atoms with Crippen molar-refractivity contribution >= 4 is 0 Å². The average Bonchev–Trinajstić information content (AvgIpc) is 3.18. The second-order valence-electron chi connectivity index (χ2n) is 18.9. The number of hydrogen-bond acceptors (Lipinski definition) is 1. The quantitative estimate of drug-likeness (QED) is 0.0869. The molecule has 0 amide bonds. The van der Waals surface area contributed by atoms with Crippen molar-refractivity contribution in [1.82, 2.24) is 0 Å². The molecule has 6 rings (SSSR count). The van der Waals surface area contributed by atoms with Gasteiger partial charge >= 0.3 is 0 Å².